The maximum absolute atomic E-state index is 12.9. The molecule has 0 aliphatic heterocycles. The van der Waals surface area contributed by atoms with Gasteiger partial charge in [0.05, 0.1) is 33.7 Å². The van der Waals surface area contributed by atoms with Crippen LogP contribution in [-0.4, -0.2) is 31.5 Å². The molecule has 0 aliphatic carbocycles. The predicted molar refractivity (Wildman–Crippen MR) is 122 cm³/mol. The lowest BCUT2D eigenvalue weighted by Gasteiger charge is -2.18. The number of thiophene rings is 1. The predicted octanol–water partition coefficient (Wildman–Crippen LogP) is 2.97. The molecule has 4 aromatic rings. The first-order valence-electron chi connectivity index (χ1n) is 9.00. The van der Waals surface area contributed by atoms with Crippen molar-refractivity contribution in [3.05, 3.63) is 75.6 Å². The summed E-state index contributed by atoms with van der Waals surface area (Å²) >= 11 is 6.66. The van der Waals surface area contributed by atoms with Crippen LogP contribution in [0.3, 0.4) is 0 Å². The molecule has 0 atom stereocenters. The van der Waals surface area contributed by atoms with Crippen LogP contribution in [0.15, 0.2) is 69.9 Å². The lowest BCUT2D eigenvalue weighted by molar-refractivity contribution is -0.107. The van der Waals surface area contributed by atoms with Gasteiger partial charge in [0, 0.05) is 6.07 Å². The minimum Gasteiger partial charge on any atom is -0.497 e. The van der Waals surface area contributed by atoms with Crippen LogP contribution in [0.25, 0.3) is 16.6 Å². The molecule has 4 rings (SSSR count). The van der Waals surface area contributed by atoms with Crippen LogP contribution >= 0.6 is 22.9 Å². The van der Waals surface area contributed by atoms with E-state index in [9.17, 15) is 18.0 Å². The van der Waals surface area contributed by atoms with Crippen LogP contribution in [0, 0.1) is 0 Å². The largest absolute Gasteiger partial charge is 0.497 e. The van der Waals surface area contributed by atoms with Crippen molar-refractivity contribution in [2.75, 3.05) is 12.1 Å². The summed E-state index contributed by atoms with van der Waals surface area (Å²) < 4.78 is 31.7. The molecule has 1 amide bonds. The number of halogens is 1. The molecule has 2 aromatic heterocycles. The van der Waals surface area contributed by atoms with Gasteiger partial charge in [-0.25, -0.2) is 18.4 Å². The minimum atomic E-state index is -3.99. The second-order valence-electron chi connectivity index (χ2n) is 6.45. The highest BCUT2D eigenvalue weighted by molar-refractivity contribution is 7.91. The topological polar surface area (TPSA) is 111 Å². The third-order valence-electron chi connectivity index (χ3n) is 4.51. The molecule has 12 heteroatoms. The van der Waals surface area contributed by atoms with Crippen molar-refractivity contribution in [1.29, 1.82) is 0 Å². The Labute approximate surface area is 191 Å². The maximum Gasteiger partial charge on any atom is 0.267 e. The van der Waals surface area contributed by atoms with Gasteiger partial charge in [0.15, 0.2) is 0 Å². The zero-order valence-corrected chi connectivity index (χ0v) is 18.8. The summed E-state index contributed by atoms with van der Waals surface area (Å²) in [4.78, 5) is 30.9. The number of aromatic nitrogens is 2. The van der Waals surface area contributed by atoms with E-state index in [2.05, 4.69) is 9.82 Å². The van der Waals surface area contributed by atoms with E-state index in [0.717, 1.165) is 16.3 Å². The number of carbonyl (C=O) groups excluding carboxylic acids is 1. The maximum atomic E-state index is 12.9. The standard InChI is InChI=1S/C20H15ClN4O5S2/c1-30-15-6-7-16-17(10-15)22-11-24(20(16)27)13-2-4-14(5-3-13)25(12-26)23-32(28,29)19-9-8-18(21)31-19/h2-12,23H,1H3. The Morgan fingerprint density at radius 1 is 1.16 bits per heavy atom. The zero-order valence-electron chi connectivity index (χ0n) is 16.4. The smallest absolute Gasteiger partial charge is 0.267 e. The van der Waals surface area contributed by atoms with Gasteiger partial charge in [-0.05, 0) is 48.5 Å². The molecule has 0 spiro atoms. The van der Waals surface area contributed by atoms with Gasteiger partial charge in [-0.2, -0.15) is 0 Å². The molecule has 0 bridgehead atoms. The molecular weight excluding hydrogens is 476 g/mol. The summed E-state index contributed by atoms with van der Waals surface area (Å²) in [5.41, 5.74) is 0.953. The molecular formula is C20H15ClN4O5S2. The van der Waals surface area contributed by atoms with Crippen molar-refractivity contribution >= 4 is 56.0 Å². The third-order valence-corrected chi connectivity index (χ3v) is 7.55. The highest BCUT2D eigenvalue weighted by Crippen LogP contribution is 2.26. The number of rotatable bonds is 7. The molecule has 2 heterocycles. The van der Waals surface area contributed by atoms with Crippen molar-refractivity contribution < 1.29 is 17.9 Å². The number of hydrogen-bond acceptors (Lipinski definition) is 7. The van der Waals surface area contributed by atoms with Gasteiger partial charge in [-0.15, -0.1) is 16.2 Å². The quantitative estimate of drug-likeness (QED) is 0.315. The number of hydrazine groups is 1. The Morgan fingerprint density at radius 3 is 2.53 bits per heavy atom. The summed E-state index contributed by atoms with van der Waals surface area (Å²) in [6, 6.07) is 13.9. The van der Waals surface area contributed by atoms with Crippen LogP contribution in [0.5, 0.6) is 5.75 Å². The average molecular weight is 491 g/mol. The number of methoxy groups -OCH3 is 1. The Balaban J connectivity index is 1.63. The van der Waals surface area contributed by atoms with Crippen LogP contribution < -0.4 is 20.1 Å². The van der Waals surface area contributed by atoms with E-state index < -0.39 is 10.0 Å². The van der Waals surface area contributed by atoms with Gasteiger partial charge in [0.2, 0.25) is 6.41 Å². The van der Waals surface area contributed by atoms with Crippen molar-refractivity contribution in [3.8, 4) is 11.4 Å². The number of hydrogen-bond donors (Lipinski definition) is 1. The van der Waals surface area contributed by atoms with E-state index in [1.165, 1.54) is 42.3 Å². The number of amides is 1. The lowest BCUT2D eigenvalue weighted by Crippen LogP contribution is -2.41. The van der Waals surface area contributed by atoms with Gasteiger partial charge in [0.25, 0.3) is 15.6 Å². The molecule has 2 aromatic carbocycles. The second-order valence-corrected chi connectivity index (χ2v) is 10.1. The molecule has 164 valence electrons. The highest BCUT2D eigenvalue weighted by atomic mass is 35.5. The first-order valence-corrected chi connectivity index (χ1v) is 11.7. The molecule has 32 heavy (non-hydrogen) atoms. The molecule has 0 unspecified atom stereocenters. The first kappa shape index (κ1) is 22.0. The fourth-order valence-electron chi connectivity index (χ4n) is 2.94. The van der Waals surface area contributed by atoms with Crippen LogP contribution in [0.1, 0.15) is 0 Å². The highest BCUT2D eigenvalue weighted by Gasteiger charge is 2.21. The molecule has 0 aliphatic rings. The van der Waals surface area contributed by atoms with Crippen molar-refractivity contribution in [2.24, 2.45) is 0 Å². The summed E-state index contributed by atoms with van der Waals surface area (Å²) in [5, 5.41) is 1.23. The number of benzene rings is 2. The van der Waals surface area contributed by atoms with Crippen molar-refractivity contribution in [2.45, 2.75) is 4.21 Å². The number of ether oxygens (including phenoxy) is 1. The van der Waals surface area contributed by atoms with E-state index >= 15 is 0 Å². The Morgan fingerprint density at radius 2 is 1.91 bits per heavy atom. The van der Waals surface area contributed by atoms with Gasteiger partial charge >= 0.3 is 0 Å². The van der Waals surface area contributed by atoms with Crippen LogP contribution in [0.4, 0.5) is 5.69 Å². The van der Waals surface area contributed by atoms with E-state index in [4.69, 9.17) is 16.3 Å². The monoisotopic (exact) mass is 490 g/mol. The molecule has 0 saturated carbocycles. The third kappa shape index (κ3) is 4.23. The number of nitrogens with zero attached hydrogens (tertiary/aromatic N) is 3. The summed E-state index contributed by atoms with van der Waals surface area (Å²) in [7, 11) is -2.46. The van der Waals surface area contributed by atoms with Crippen molar-refractivity contribution in [3.63, 3.8) is 0 Å². The number of nitrogens with one attached hydrogen (secondary N) is 1. The van der Waals surface area contributed by atoms with Gasteiger partial charge in [0.1, 0.15) is 16.3 Å². The number of fused-ring (bicyclic) bond motifs is 1. The molecule has 0 fully saturated rings. The molecule has 0 saturated heterocycles. The van der Waals surface area contributed by atoms with E-state index in [1.807, 2.05) is 0 Å². The van der Waals surface area contributed by atoms with E-state index in [-0.39, 0.29) is 15.5 Å². The average Bonchev–Trinajstić information content (AvgIpc) is 3.25. The second kappa shape index (κ2) is 8.71. The number of sulfonamides is 1. The van der Waals surface area contributed by atoms with Gasteiger partial charge in [-0.1, -0.05) is 11.6 Å². The minimum absolute atomic E-state index is 0.0311. The van der Waals surface area contributed by atoms with E-state index in [1.54, 1.807) is 30.3 Å². The normalized spacial score (nSPS) is 11.4. The fourth-order valence-corrected chi connectivity index (χ4v) is 5.42. The fraction of sp³-hybridized carbons (Fsp3) is 0.0500. The van der Waals surface area contributed by atoms with E-state index in [0.29, 0.717) is 33.1 Å². The molecule has 9 nitrogen and oxygen atoms in total. The number of carbonyl (C=O) groups is 1. The number of anilines is 1. The summed E-state index contributed by atoms with van der Waals surface area (Å²) in [6.07, 6.45) is 1.72. The van der Waals surface area contributed by atoms with Crippen LogP contribution in [0.2, 0.25) is 4.34 Å². The van der Waals surface area contributed by atoms with Crippen molar-refractivity contribution in [1.82, 2.24) is 14.4 Å². The van der Waals surface area contributed by atoms with Gasteiger partial charge in [-0.3, -0.25) is 14.2 Å². The molecule has 1 N–H and O–H groups in total. The van der Waals surface area contributed by atoms with Crippen LogP contribution in [-0.2, 0) is 14.8 Å². The Bertz CT molecular complexity index is 1470. The SMILES string of the molecule is COc1ccc2c(=O)n(-c3ccc(N(C=O)NS(=O)(=O)c4ccc(Cl)s4)cc3)cnc2c1. The summed E-state index contributed by atoms with van der Waals surface area (Å²) in [5.74, 6) is 0.590. The molecule has 0 radical (unpaired) electrons. The lowest BCUT2D eigenvalue weighted by atomic mass is 10.2. The van der Waals surface area contributed by atoms with Gasteiger partial charge < -0.3 is 4.74 Å². The summed E-state index contributed by atoms with van der Waals surface area (Å²) in [6.45, 7) is 0. The zero-order chi connectivity index (χ0) is 22.9. The first-order chi connectivity index (χ1) is 15.3. The Kier molecular flexibility index (Phi) is 5.98. The Hall–Kier alpha value is -3.25.